The molecule has 15 heavy (non-hydrogen) atoms. The molecule has 0 amide bonds. The van der Waals surface area contributed by atoms with E-state index in [4.69, 9.17) is 16.7 Å². The van der Waals surface area contributed by atoms with Gasteiger partial charge in [0.25, 0.3) is 0 Å². The molecule has 1 aliphatic rings. The van der Waals surface area contributed by atoms with E-state index in [0.717, 1.165) is 18.8 Å². The number of anilines is 1. The summed E-state index contributed by atoms with van der Waals surface area (Å²) in [5.74, 6) is -0.953. The fraction of sp³-hybridized carbons (Fsp3) is 0.182. The summed E-state index contributed by atoms with van der Waals surface area (Å²) in [5.41, 5.74) is 1.08. The summed E-state index contributed by atoms with van der Waals surface area (Å²) in [4.78, 5) is 12.9. The van der Waals surface area contributed by atoms with Crippen molar-refractivity contribution < 1.29 is 9.90 Å². The molecule has 0 saturated carbocycles. The summed E-state index contributed by atoms with van der Waals surface area (Å²) in [6.45, 7) is 1.61. The van der Waals surface area contributed by atoms with Gasteiger partial charge < -0.3 is 10.0 Å². The van der Waals surface area contributed by atoms with E-state index in [1.54, 1.807) is 12.1 Å². The molecule has 0 aromatic heterocycles. The van der Waals surface area contributed by atoms with Crippen molar-refractivity contribution in [3.63, 3.8) is 0 Å². The van der Waals surface area contributed by atoms with E-state index in [2.05, 4.69) is 4.90 Å². The molecule has 4 heteroatoms. The van der Waals surface area contributed by atoms with Crippen molar-refractivity contribution in [3.8, 4) is 0 Å². The Morgan fingerprint density at radius 2 is 1.93 bits per heavy atom. The molecule has 78 valence electrons. The highest BCUT2D eigenvalue weighted by atomic mass is 35.5. The van der Waals surface area contributed by atoms with Crippen LogP contribution in [-0.2, 0) is 0 Å². The quantitative estimate of drug-likeness (QED) is 0.783. The van der Waals surface area contributed by atoms with Crippen molar-refractivity contribution >= 4 is 23.3 Å². The molecule has 0 unspecified atom stereocenters. The number of rotatable bonds is 2. The Balaban J connectivity index is 2.35. The predicted octanol–water partition coefficient (Wildman–Crippen LogP) is 2.41. The van der Waals surface area contributed by atoms with Gasteiger partial charge in [0.15, 0.2) is 0 Å². The van der Waals surface area contributed by atoms with Gasteiger partial charge in [0.2, 0.25) is 0 Å². The topological polar surface area (TPSA) is 40.5 Å². The van der Waals surface area contributed by atoms with Crippen LogP contribution in [0.5, 0.6) is 0 Å². The second kappa shape index (κ2) is 3.95. The number of carboxylic acid groups (broad SMARTS) is 1. The Bertz CT molecular complexity index is 421. The fourth-order valence-corrected chi connectivity index (χ4v) is 1.80. The van der Waals surface area contributed by atoms with Gasteiger partial charge in [-0.25, -0.2) is 4.79 Å². The van der Waals surface area contributed by atoms with Gasteiger partial charge in [-0.05, 0) is 18.2 Å². The summed E-state index contributed by atoms with van der Waals surface area (Å²) in [6.07, 6.45) is 4.09. The molecule has 1 aromatic carbocycles. The van der Waals surface area contributed by atoms with Crippen LogP contribution < -0.4 is 4.90 Å². The van der Waals surface area contributed by atoms with Crippen LogP contribution in [0.4, 0.5) is 5.69 Å². The fourth-order valence-electron chi connectivity index (χ4n) is 1.57. The van der Waals surface area contributed by atoms with Gasteiger partial charge in [0.05, 0.1) is 5.56 Å². The number of nitrogens with zero attached hydrogens (tertiary/aromatic N) is 1. The number of benzene rings is 1. The van der Waals surface area contributed by atoms with E-state index in [1.165, 1.54) is 6.07 Å². The van der Waals surface area contributed by atoms with Crippen LogP contribution in [0.2, 0.25) is 5.02 Å². The average molecular weight is 224 g/mol. The lowest BCUT2D eigenvalue weighted by Crippen LogP contribution is -2.18. The molecule has 0 saturated heterocycles. The van der Waals surface area contributed by atoms with Crippen molar-refractivity contribution in [2.75, 3.05) is 18.0 Å². The van der Waals surface area contributed by atoms with E-state index < -0.39 is 5.97 Å². The number of carbonyl (C=O) groups is 1. The maximum absolute atomic E-state index is 10.8. The summed E-state index contributed by atoms with van der Waals surface area (Å²) in [6, 6.07) is 4.87. The minimum absolute atomic E-state index is 0.226. The minimum atomic E-state index is -0.953. The Morgan fingerprint density at radius 1 is 1.27 bits per heavy atom. The Kier molecular flexibility index (Phi) is 2.64. The van der Waals surface area contributed by atoms with Crippen LogP contribution in [0.15, 0.2) is 30.4 Å². The summed E-state index contributed by atoms with van der Waals surface area (Å²) < 4.78 is 0. The Hall–Kier alpha value is -1.48. The molecule has 0 bridgehead atoms. The third-order valence-electron chi connectivity index (χ3n) is 2.31. The summed E-state index contributed by atoms with van der Waals surface area (Å²) in [7, 11) is 0. The highest BCUT2D eigenvalue weighted by molar-refractivity contribution is 6.31. The molecule has 0 fully saturated rings. The zero-order chi connectivity index (χ0) is 10.8. The molecule has 3 nitrogen and oxygen atoms in total. The molecule has 0 atom stereocenters. The maximum atomic E-state index is 10.8. The second-order valence-electron chi connectivity index (χ2n) is 3.38. The van der Waals surface area contributed by atoms with Crippen LogP contribution in [0.25, 0.3) is 0 Å². The van der Waals surface area contributed by atoms with Crippen LogP contribution in [0.3, 0.4) is 0 Å². The lowest BCUT2D eigenvalue weighted by Gasteiger charge is -2.18. The van der Waals surface area contributed by atoms with Crippen molar-refractivity contribution in [1.82, 2.24) is 0 Å². The van der Waals surface area contributed by atoms with Gasteiger partial charge in [-0.1, -0.05) is 23.8 Å². The highest BCUT2D eigenvalue weighted by Gasteiger charge is 2.12. The molecule has 0 radical (unpaired) electrons. The van der Waals surface area contributed by atoms with Crippen molar-refractivity contribution in [2.24, 2.45) is 0 Å². The molecule has 1 heterocycles. The van der Waals surface area contributed by atoms with Crippen LogP contribution in [0.1, 0.15) is 10.4 Å². The first-order chi connectivity index (χ1) is 7.16. The van der Waals surface area contributed by atoms with Crippen molar-refractivity contribution in [2.45, 2.75) is 0 Å². The van der Waals surface area contributed by atoms with Crippen LogP contribution in [-0.4, -0.2) is 24.2 Å². The van der Waals surface area contributed by atoms with Gasteiger partial charge >= 0.3 is 5.97 Å². The number of hydrogen-bond donors (Lipinski definition) is 1. The zero-order valence-electron chi connectivity index (χ0n) is 7.98. The van der Waals surface area contributed by atoms with E-state index in [-0.39, 0.29) is 5.56 Å². The first kappa shape index (κ1) is 10.1. The molecule has 2 rings (SSSR count). The van der Waals surface area contributed by atoms with Crippen molar-refractivity contribution in [1.29, 1.82) is 0 Å². The summed E-state index contributed by atoms with van der Waals surface area (Å²) in [5, 5.41) is 9.34. The zero-order valence-corrected chi connectivity index (χ0v) is 8.74. The number of aromatic carboxylic acids is 1. The molecule has 0 aliphatic carbocycles. The predicted molar refractivity (Wildman–Crippen MR) is 59.8 cm³/mol. The van der Waals surface area contributed by atoms with E-state index in [1.807, 2.05) is 12.2 Å². The Morgan fingerprint density at radius 3 is 2.53 bits per heavy atom. The number of hydrogen-bond acceptors (Lipinski definition) is 2. The van der Waals surface area contributed by atoms with Gasteiger partial charge in [-0.3, -0.25) is 0 Å². The van der Waals surface area contributed by atoms with Crippen LogP contribution in [0, 0.1) is 0 Å². The molecule has 1 N–H and O–H groups in total. The highest BCUT2D eigenvalue weighted by Crippen LogP contribution is 2.23. The second-order valence-corrected chi connectivity index (χ2v) is 3.82. The average Bonchev–Trinajstić information content (AvgIpc) is 2.69. The summed E-state index contributed by atoms with van der Waals surface area (Å²) >= 11 is 5.86. The third kappa shape index (κ3) is 2.13. The third-order valence-corrected chi connectivity index (χ3v) is 2.53. The van der Waals surface area contributed by atoms with E-state index >= 15 is 0 Å². The molecular formula is C11H10ClNO2. The lowest BCUT2D eigenvalue weighted by molar-refractivity contribution is 0.0697. The maximum Gasteiger partial charge on any atom is 0.335 e. The van der Waals surface area contributed by atoms with Gasteiger partial charge in [0.1, 0.15) is 0 Å². The van der Waals surface area contributed by atoms with Gasteiger partial charge in [-0.15, -0.1) is 0 Å². The van der Waals surface area contributed by atoms with Crippen molar-refractivity contribution in [3.05, 3.63) is 40.9 Å². The van der Waals surface area contributed by atoms with E-state index in [0.29, 0.717) is 5.02 Å². The normalized spacial score (nSPS) is 14.6. The lowest BCUT2D eigenvalue weighted by atomic mass is 10.2. The first-order valence-corrected chi connectivity index (χ1v) is 4.98. The van der Waals surface area contributed by atoms with E-state index in [9.17, 15) is 4.79 Å². The Labute approximate surface area is 92.6 Å². The van der Waals surface area contributed by atoms with Gasteiger partial charge in [0, 0.05) is 23.8 Å². The monoisotopic (exact) mass is 223 g/mol. The molecule has 1 aliphatic heterocycles. The molecule has 0 spiro atoms. The molecular weight excluding hydrogens is 214 g/mol. The standard InChI is InChI=1S/C11H10ClNO2/c12-9-5-8(11(14)15)6-10(7-9)13-3-1-2-4-13/h1-2,5-7H,3-4H2,(H,14,15). The number of halogens is 1. The van der Waals surface area contributed by atoms with Crippen LogP contribution >= 0.6 is 11.6 Å². The first-order valence-electron chi connectivity index (χ1n) is 4.60. The van der Waals surface area contributed by atoms with Gasteiger partial charge in [-0.2, -0.15) is 0 Å². The molecule has 1 aromatic rings. The SMILES string of the molecule is O=C(O)c1cc(Cl)cc(N2CC=CC2)c1. The number of carboxylic acids is 1. The largest absolute Gasteiger partial charge is 0.478 e. The smallest absolute Gasteiger partial charge is 0.335 e. The minimum Gasteiger partial charge on any atom is -0.478 e.